The quantitative estimate of drug-likeness (QED) is 0.284. The van der Waals surface area contributed by atoms with Crippen LogP contribution in [0.3, 0.4) is 0 Å². The van der Waals surface area contributed by atoms with E-state index in [0.29, 0.717) is 12.3 Å². The Kier molecular flexibility index (Phi) is 11.8. The van der Waals surface area contributed by atoms with Crippen LogP contribution in [0.25, 0.3) is 0 Å². The van der Waals surface area contributed by atoms with Crippen molar-refractivity contribution in [1.29, 1.82) is 5.41 Å². The third kappa shape index (κ3) is 8.04. The molecule has 0 aromatic carbocycles. The van der Waals surface area contributed by atoms with Crippen molar-refractivity contribution in [1.82, 2.24) is 10.2 Å². The molecule has 4 nitrogen and oxygen atoms in total. The lowest BCUT2D eigenvalue weighted by molar-refractivity contribution is -0.117. The Morgan fingerprint density at radius 1 is 1.14 bits per heavy atom. The van der Waals surface area contributed by atoms with Gasteiger partial charge in [0.05, 0.1) is 12.1 Å². The molecule has 0 bridgehead atoms. The maximum atomic E-state index is 11.5. The van der Waals surface area contributed by atoms with E-state index in [1.165, 1.54) is 6.21 Å². The number of ketones is 1. The number of nitrogens with one attached hydrogen (secondary N) is 2. The highest BCUT2D eigenvalue weighted by atomic mass is 16.1. The Labute approximate surface area is 173 Å². The van der Waals surface area contributed by atoms with Crippen LogP contribution in [0.4, 0.5) is 0 Å². The first-order valence-corrected chi connectivity index (χ1v) is 10.5. The molecule has 0 heterocycles. The van der Waals surface area contributed by atoms with Crippen molar-refractivity contribution in [2.24, 2.45) is 17.8 Å². The number of carbonyl (C=O) groups excluding carboxylic acids is 1. The Balaban J connectivity index is 5.48. The second-order valence-corrected chi connectivity index (χ2v) is 8.50. The smallest absolute Gasteiger partial charge is 0.129 e. The largest absolute Gasteiger partial charge is 0.380 e. The van der Waals surface area contributed by atoms with Gasteiger partial charge in [0.25, 0.3) is 0 Å². The molecule has 0 saturated heterocycles. The van der Waals surface area contributed by atoms with Crippen LogP contribution in [0.5, 0.6) is 0 Å². The van der Waals surface area contributed by atoms with E-state index in [-0.39, 0.29) is 29.7 Å². The Bertz CT molecular complexity index is 564. The molecule has 0 aromatic heterocycles. The summed E-state index contributed by atoms with van der Waals surface area (Å²) < 4.78 is 0. The highest BCUT2D eigenvalue weighted by Crippen LogP contribution is 2.30. The second-order valence-electron chi connectivity index (χ2n) is 8.50. The molecule has 28 heavy (non-hydrogen) atoms. The van der Waals surface area contributed by atoms with Crippen molar-refractivity contribution < 1.29 is 4.79 Å². The molecule has 2 unspecified atom stereocenters. The highest BCUT2D eigenvalue weighted by molar-refractivity contribution is 5.75. The van der Waals surface area contributed by atoms with E-state index in [1.54, 1.807) is 6.92 Å². The normalized spacial score (nSPS) is 15.3. The van der Waals surface area contributed by atoms with Crippen LogP contribution in [0.1, 0.15) is 67.2 Å². The van der Waals surface area contributed by atoms with Gasteiger partial charge in [-0.1, -0.05) is 59.4 Å². The van der Waals surface area contributed by atoms with E-state index < -0.39 is 0 Å². The van der Waals surface area contributed by atoms with Gasteiger partial charge >= 0.3 is 0 Å². The van der Waals surface area contributed by atoms with Crippen molar-refractivity contribution in [2.75, 3.05) is 7.05 Å². The van der Waals surface area contributed by atoms with Gasteiger partial charge < -0.3 is 20.4 Å². The van der Waals surface area contributed by atoms with E-state index >= 15 is 0 Å². The lowest BCUT2D eigenvalue weighted by Gasteiger charge is -2.38. The van der Waals surface area contributed by atoms with Gasteiger partial charge in [0, 0.05) is 37.0 Å². The average molecular weight is 390 g/mol. The molecule has 2 N–H and O–H groups in total. The van der Waals surface area contributed by atoms with Crippen molar-refractivity contribution in [2.45, 2.75) is 79.3 Å². The van der Waals surface area contributed by atoms with Crippen LogP contribution in [-0.2, 0) is 4.79 Å². The fourth-order valence-corrected chi connectivity index (χ4v) is 3.49. The fraction of sp³-hybridized carbons (Fsp3) is 0.667. The maximum absolute atomic E-state index is 11.5. The molecule has 0 aliphatic carbocycles. The summed E-state index contributed by atoms with van der Waals surface area (Å²) >= 11 is 0. The Morgan fingerprint density at radius 3 is 2.11 bits per heavy atom. The minimum absolute atomic E-state index is 0.0222. The number of likely N-dealkylation sites (N-methyl/N-ethyl adjacent to an activating group) is 1. The summed E-state index contributed by atoms with van der Waals surface area (Å²) in [4.78, 5) is 13.7. The lowest BCUT2D eigenvalue weighted by atomic mass is 9.82. The molecule has 160 valence electrons. The standard InChI is InChI=1S/C24H43N3O/c1-11-12-22(15-25)27(10)21(9)24(17(4)5)26-20(8)23(14-13-18(6)28)19(7)16(2)3/h15,17,19,22-26H,2,8-9,11-14H2,1,3-7,10H3/t19?,22-,23?,24-/m0/s1. The number of rotatable bonds is 15. The summed E-state index contributed by atoms with van der Waals surface area (Å²) in [6, 6.07) is 0.0747. The molecule has 4 atom stereocenters. The van der Waals surface area contributed by atoms with Crippen molar-refractivity contribution in [3.8, 4) is 0 Å². The van der Waals surface area contributed by atoms with Crippen LogP contribution < -0.4 is 5.32 Å². The van der Waals surface area contributed by atoms with Crippen LogP contribution in [0, 0.1) is 23.2 Å². The maximum Gasteiger partial charge on any atom is 0.129 e. The number of carbonyl (C=O) groups is 1. The van der Waals surface area contributed by atoms with Gasteiger partial charge in [0.2, 0.25) is 0 Å². The molecular formula is C24H43N3O. The van der Waals surface area contributed by atoms with Gasteiger partial charge in [-0.3, -0.25) is 0 Å². The summed E-state index contributed by atoms with van der Waals surface area (Å²) in [5, 5.41) is 11.4. The summed E-state index contributed by atoms with van der Waals surface area (Å²) in [5.74, 6) is 0.903. The van der Waals surface area contributed by atoms with E-state index in [4.69, 9.17) is 5.41 Å². The van der Waals surface area contributed by atoms with Gasteiger partial charge in [-0.15, -0.1) is 0 Å². The van der Waals surface area contributed by atoms with Crippen molar-refractivity contribution in [3.05, 3.63) is 36.7 Å². The van der Waals surface area contributed by atoms with Gasteiger partial charge in [0.15, 0.2) is 0 Å². The Hall–Kier alpha value is -1.84. The van der Waals surface area contributed by atoms with Crippen molar-refractivity contribution >= 4 is 12.0 Å². The van der Waals surface area contributed by atoms with Crippen molar-refractivity contribution in [3.63, 3.8) is 0 Å². The molecule has 0 fully saturated rings. The van der Waals surface area contributed by atoms with Gasteiger partial charge in [0.1, 0.15) is 5.78 Å². The van der Waals surface area contributed by atoms with Crippen LogP contribution >= 0.6 is 0 Å². The van der Waals surface area contributed by atoms with Crippen LogP contribution in [0.2, 0.25) is 0 Å². The first-order chi connectivity index (χ1) is 13.0. The number of allylic oxidation sites excluding steroid dienone is 2. The average Bonchev–Trinajstić information content (AvgIpc) is 2.62. The topological polar surface area (TPSA) is 56.2 Å². The minimum Gasteiger partial charge on any atom is -0.380 e. The molecule has 0 aliphatic heterocycles. The molecular weight excluding hydrogens is 346 g/mol. The monoisotopic (exact) mass is 389 g/mol. The zero-order valence-corrected chi connectivity index (χ0v) is 19.3. The molecule has 0 aliphatic rings. The first kappa shape index (κ1) is 26.2. The molecule has 0 aromatic rings. The molecule has 0 saturated carbocycles. The Morgan fingerprint density at radius 2 is 1.71 bits per heavy atom. The summed E-state index contributed by atoms with van der Waals surface area (Å²) in [5.41, 5.74) is 3.00. The van der Waals surface area contributed by atoms with Crippen LogP contribution in [-0.4, -0.2) is 36.0 Å². The SMILES string of the molecule is C=C(C)C(C)C(CCC(C)=O)C(=C)N[C@H](C(=C)N(C)[C@H](C=N)CCC)C(C)C. The van der Waals surface area contributed by atoms with E-state index in [0.717, 1.165) is 36.2 Å². The van der Waals surface area contributed by atoms with E-state index in [9.17, 15) is 4.79 Å². The fourth-order valence-electron chi connectivity index (χ4n) is 3.49. The zero-order valence-electron chi connectivity index (χ0n) is 19.3. The molecule has 4 heteroatoms. The first-order valence-electron chi connectivity index (χ1n) is 10.5. The second kappa shape index (κ2) is 12.6. The number of hydrogen-bond acceptors (Lipinski definition) is 4. The number of nitrogens with zero attached hydrogens (tertiary/aromatic N) is 1. The molecule has 0 amide bonds. The van der Waals surface area contributed by atoms with E-state index in [1.807, 2.05) is 14.0 Å². The predicted octanol–water partition coefficient (Wildman–Crippen LogP) is 5.58. The third-order valence-corrected chi connectivity index (χ3v) is 5.73. The van der Waals surface area contributed by atoms with Gasteiger partial charge in [-0.2, -0.15) is 0 Å². The lowest BCUT2D eigenvalue weighted by Crippen LogP contribution is -2.45. The zero-order chi connectivity index (χ0) is 22.0. The number of hydrogen-bond donors (Lipinski definition) is 2. The highest BCUT2D eigenvalue weighted by Gasteiger charge is 2.27. The summed E-state index contributed by atoms with van der Waals surface area (Å²) in [6.45, 7) is 25.1. The molecule has 0 radical (unpaired) electrons. The summed E-state index contributed by atoms with van der Waals surface area (Å²) in [6.07, 6.45) is 4.76. The third-order valence-electron chi connectivity index (χ3n) is 5.73. The molecule has 0 spiro atoms. The predicted molar refractivity (Wildman–Crippen MR) is 123 cm³/mol. The minimum atomic E-state index is 0.0222. The van der Waals surface area contributed by atoms with Gasteiger partial charge in [-0.05, 0) is 38.5 Å². The van der Waals surface area contributed by atoms with Crippen LogP contribution in [0.15, 0.2) is 36.7 Å². The van der Waals surface area contributed by atoms with Gasteiger partial charge in [-0.25, -0.2) is 0 Å². The molecule has 0 rings (SSSR count). The number of Topliss-reactive ketones (excluding diaryl/α,β-unsaturated/α-hetero) is 1. The van der Waals surface area contributed by atoms with E-state index in [2.05, 4.69) is 57.6 Å². The summed E-state index contributed by atoms with van der Waals surface area (Å²) in [7, 11) is 2.01.